The second kappa shape index (κ2) is 8.80. The van der Waals surface area contributed by atoms with Gasteiger partial charge in [0.05, 0.1) is 10.8 Å². The fourth-order valence-electron chi connectivity index (χ4n) is 3.59. The van der Waals surface area contributed by atoms with Crippen LogP contribution < -0.4 is 5.32 Å². The zero-order valence-corrected chi connectivity index (χ0v) is 19.1. The summed E-state index contributed by atoms with van der Waals surface area (Å²) in [5, 5.41) is 2.80. The van der Waals surface area contributed by atoms with Crippen LogP contribution in [0.4, 0.5) is 5.69 Å². The van der Waals surface area contributed by atoms with Crippen LogP contribution in [0.15, 0.2) is 59.5 Å². The van der Waals surface area contributed by atoms with Crippen molar-refractivity contribution in [1.29, 1.82) is 0 Å². The topological polar surface area (TPSA) is 86.8 Å². The Labute approximate surface area is 184 Å². The Morgan fingerprint density at radius 2 is 1.71 bits per heavy atom. The van der Waals surface area contributed by atoms with E-state index in [9.17, 15) is 18.0 Å². The number of sulfonamides is 1. The third-order valence-electron chi connectivity index (χ3n) is 5.38. The van der Waals surface area contributed by atoms with Crippen molar-refractivity contribution in [3.63, 3.8) is 0 Å². The molecule has 166 valence electrons. The molecule has 1 aliphatic heterocycles. The molecule has 8 heteroatoms. The van der Waals surface area contributed by atoms with Gasteiger partial charge in [-0.3, -0.25) is 9.59 Å². The van der Waals surface area contributed by atoms with Gasteiger partial charge in [0.25, 0.3) is 0 Å². The van der Waals surface area contributed by atoms with Crippen LogP contribution in [0.1, 0.15) is 32.8 Å². The Balaban J connectivity index is 1.65. The van der Waals surface area contributed by atoms with E-state index in [4.69, 9.17) is 0 Å². The molecule has 2 aromatic carbocycles. The number of amides is 2. The molecular formula is C23H29N3O4S. The largest absolute Gasteiger partial charge is 0.337 e. The molecule has 0 bridgehead atoms. The molecule has 1 unspecified atom stereocenters. The van der Waals surface area contributed by atoms with Crippen LogP contribution >= 0.6 is 0 Å². The Morgan fingerprint density at radius 1 is 1.10 bits per heavy atom. The third-order valence-corrected chi connectivity index (χ3v) is 7.20. The molecule has 1 fully saturated rings. The van der Waals surface area contributed by atoms with Crippen LogP contribution in [0.2, 0.25) is 0 Å². The predicted octanol–water partition coefficient (Wildman–Crippen LogP) is 3.09. The SMILES string of the molecule is CN(Cc1ccccc1)S(=O)(=O)c1ccc(NC(=O)C2CC(=O)N(C(C)(C)C)C2)cc1. The Bertz CT molecular complexity index is 1040. The van der Waals surface area contributed by atoms with E-state index < -0.39 is 15.9 Å². The van der Waals surface area contributed by atoms with E-state index >= 15 is 0 Å². The monoisotopic (exact) mass is 443 g/mol. The lowest BCUT2D eigenvalue weighted by molar-refractivity contribution is -0.131. The molecule has 0 saturated carbocycles. The maximum absolute atomic E-state index is 12.8. The average molecular weight is 444 g/mol. The summed E-state index contributed by atoms with van der Waals surface area (Å²) in [5.74, 6) is -0.695. The molecule has 31 heavy (non-hydrogen) atoms. The zero-order chi connectivity index (χ0) is 22.8. The maximum atomic E-state index is 12.8. The quantitative estimate of drug-likeness (QED) is 0.743. The normalized spacial score (nSPS) is 17.3. The molecule has 1 N–H and O–H groups in total. The lowest BCUT2D eigenvalue weighted by atomic mass is 10.1. The molecule has 0 aliphatic carbocycles. The van der Waals surface area contributed by atoms with Crippen molar-refractivity contribution in [2.45, 2.75) is 44.2 Å². The summed E-state index contributed by atoms with van der Waals surface area (Å²) >= 11 is 0. The van der Waals surface area contributed by atoms with Gasteiger partial charge in [0.15, 0.2) is 0 Å². The van der Waals surface area contributed by atoms with E-state index in [2.05, 4.69) is 5.32 Å². The molecule has 0 aromatic heterocycles. The van der Waals surface area contributed by atoms with Gasteiger partial charge in [0.1, 0.15) is 0 Å². The molecule has 7 nitrogen and oxygen atoms in total. The number of nitrogens with zero attached hydrogens (tertiary/aromatic N) is 2. The van der Waals surface area contributed by atoms with Gasteiger partial charge in [0, 0.05) is 37.8 Å². The highest BCUT2D eigenvalue weighted by Gasteiger charge is 2.39. The number of likely N-dealkylation sites (tertiary alicyclic amines) is 1. The van der Waals surface area contributed by atoms with Gasteiger partial charge in [-0.2, -0.15) is 4.31 Å². The van der Waals surface area contributed by atoms with Crippen LogP contribution in [0.3, 0.4) is 0 Å². The van der Waals surface area contributed by atoms with E-state index in [1.807, 2.05) is 51.1 Å². The van der Waals surface area contributed by atoms with E-state index in [0.717, 1.165) is 5.56 Å². The lowest BCUT2D eigenvalue weighted by Gasteiger charge is -2.31. The molecule has 2 aromatic rings. The van der Waals surface area contributed by atoms with Crippen LogP contribution in [-0.4, -0.2) is 48.6 Å². The molecule has 3 rings (SSSR count). The predicted molar refractivity (Wildman–Crippen MR) is 120 cm³/mol. The third kappa shape index (κ3) is 5.32. The average Bonchev–Trinajstić information content (AvgIpc) is 3.11. The lowest BCUT2D eigenvalue weighted by Crippen LogP contribution is -2.42. The summed E-state index contributed by atoms with van der Waals surface area (Å²) in [6.07, 6.45) is 0.180. The highest BCUT2D eigenvalue weighted by molar-refractivity contribution is 7.89. The summed E-state index contributed by atoms with van der Waals surface area (Å²) in [6.45, 7) is 6.48. The second-order valence-corrected chi connectivity index (χ2v) is 10.9. The minimum Gasteiger partial charge on any atom is -0.337 e. The summed E-state index contributed by atoms with van der Waals surface area (Å²) in [4.78, 5) is 26.7. The van der Waals surface area contributed by atoms with Crippen molar-refractivity contribution in [3.05, 3.63) is 60.2 Å². The van der Waals surface area contributed by atoms with Crippen molar-refractivity contribution in [1.82, 2.24) is 9.21 Å². The number of benzene rings is 2. The van der Waals surface area contributed by atoms with Crippen molar-refractivity contribution in [2.24, 2.45) is 5.92 Å². The van der Waals surface area contributed by atoms with Gasteiger partial charge in [-0.15, -0.1) is 0 Å². The number of rotatable bonds is 6. The van der Waals surface area contributed by atoms with Gasteiger partial charge in [0.2, 0.25) is 21.8 Å². The summed E-state index contributed by atoms with van der Waals surface area (Å²) in [6, 6.07) is 15.5. The van der Waals surface area contributed by atoms with Crippen molar-refractivity contribution in [3.8, 4) is 0 Å². The van der Waals surface area contributed by atoms with Gasteiger partial charge < -0.3 is 10.2 Å². The van der Waals surface area contributed by atoms with Crippen molar-refractivity contribution in [2.75, 3.05) is 18.9 Å². The number of hydrogen-bond acceptors (Lipinski definition) is 4. The van der Waals surface area contributed by atoms with E-state index in [0.29, 0.717) is 12.2 Å². The van der Waals surface area contributed by atoms with E-state index in [1.54, 1.807) is 17.0 Å². The number of anilines is 1. The second-order valence-electron chi connectivity index (χ2n) is 8.84. The number of nitrogens with one attached hydrogen (secondary N) is 1. The standard InChI is InChI=1S/C23H29N3O4S/c1-23(2,3)26-16-18(14-21(26)27)22(28)24-19-10-12-20(13-11-19)31(29,30)25(4)15-17-8-6-5-7-9-17/h5-13,18H,14-16H2,1-4H3,(H,24,28). The fraction of sp³-hybridized carbons (Fsp3) is 0.391. The maximum Gasteiger partial charge on any atom is 0.243 e. The minimum absolute atomic E-state index is 0.0319. The van der Waals surface area contributed by atoms with E-state index in [-0.39, 0.29) is 35.2 Å². The molecule has 0 spiro atoms. The Morgan fingerprint density at radius 3 is 2.26 bits per heavy atom. The van der Waals surface area contributed by atoms with Crippen LogP contribution in [0.25, 0.3) is 0 Å². The number of carbonyl (C=O) groups excluding carboxylic acids is 2. The first-order valence-corrected chi connectivity index (χ1v) is 11.6. The molecule has 1 atom stereocenters. The first kappa shape index (κ1) is 23.0. The van der Waals surface area contributed by atoms with Crippen molar-refractivity contribution < 1.29 is 18.0 Å². The Kier molecular flexibility index (Phi) is 6.52. The molecule has 2 amide bonds. The highest BCUT2D eigenvalue weighted by Crippen LogP contribution is 2.27. The molecule has 1 aliphatic rings. The van der Waals surface area contributed by atoms with Crippen LogP contribution in [0, 0.1) is 5.92 Å². The minimum atomic E-state index is -3.66. The van der Waals surface area contributed by atoms with Crippen LogP contribution in [0.5, 0.6) is 0 Å². The highest BCUT2D eigenvalue weighted by atomic mass is 32.2. The smallest absolute Gasteiger partial charge is 0.243 e. The fourth-order valence-corrected chi connectivity index (χ4v) is 4.75. The summed E-state index contributed by atoms with van der Waals surface area (Å²) in [5.41, 5.74) is 1.07. The molecular weight excluding hydrogens is 414 g/mol. The van der Waals surface area contributed by atoms with Gasteiger partial charge in [-0.25, -0.2) is 8.42 Å². The van der Waals surface area contributed by atoms with Gasteiger partial charge in [-0.1, -0.05) is 30.3 Å². The summed E-state index contributed by atoms with van der Waals surface area (Å²) in [7, 11) is -2.12. The molecule has 0 radical (unpaired) electrons. The van der Waals surface area contributed by atoms with E-state index in [1.165, 1.54) is 23.5 Å². The summed E-state index contributed by atoms with van der Waals surface area (Å²) < 4.78 is 27.0. The number of carbonyl (C=O) groups is 2. The van der Waals surface area contributed by atoms with Gasteiger partial charge in [-0.05, 0) is 50.6 Å². The first-order valence-electron chi connectivity index (χ1n) is 10.2. The zero-order valence-electron chi connectivity index (χ0n) is 18.3. The molecule has 1 heterocycles. The van der Waals surface area contributed by atoms with Crippen molar-refractivity contribution >= 4 is 27.5 Å². The van der Waals surface area contributed by atoms with Gasteiger partial charge >= 0.3 is 0 Å². The van der Waals surface area contributed by atoms with Crippen LogP contribution in [-0.2, 0) is 26.2 Å². The Hall–Kier alpha value is -2.71. The number of hydrogen-bond donors (Lipinski definition) is 1. The molecule has 1 saturated heterocycles. The first-order chi connectivity index (χ1) is 14.5.